The van der Waals surface area contributed by atoms with Gasteiger partial charge in [0.25, 0.3) is 0 Å². The fourth-order valence-electron chi connectivity index (χ4n) is 2.07. The normalized spacial score (nSPS) is 10.7. The summed E-state index contributed by atoms with van der Waals surface area (Å²) in [6.45, 7) is 5.16. The average molecular weight is 313 g/mol. The molecule has 6 heteroatoms. The third-order valence-corrected chi connectivity index (χ3v) is 3.27. The van der Waals surface area contributed by atoms with Crippen molar-refractivity contribution in [2.75, 3.05) is 37.8 Å². The van der Waals surface area contributed by atoms with Crippen LogP contribution >= 0.6 is 0 Å². The summed E-state index contributed by atoms with van der Waals surface area (Å²) in [5.41, 5.74) is 1.58. The number of carbonyl (C=O) groups is 1. The molecule has 0 aliphatic rings. The molecule has 1 aromatic carbocycles. The molecular weight excluding hydrogens is 290 g/mol. The Labute approximate surface area is 137 Å². The van der Waals surface area contributed by atoms with E-state index >= 15 is 0 Å². The number of rotatable bonds is 7. The number of nitrogens with zero attached hydrogens (tertiary/aromatic N) is 3. The Hall–Kier alpha value is -2.47. The van der Waals surface area contributed by atoms with Crippen LogP contribution in [0.4, 0.5) is 17.3 Å². The Morgan fingerprint density at radius 3 is 2.39 bits per heavy atom. The third-order valence-electron chi connectivity index (χ3n) is 3.27. The summed E-state index contributed by atoms with van der Waals surface area (Å²) in [5, 5.41) is 6.53. The van der Waals surface area contributed by atoms with Gasteiger partial charge in [-0.2, -0.15) is 0 Å². The maximum Gasteiger partial charge on any atom is 0.159 e. The standard InChI is InChI=1S/C17H23N5O/c1-12(23)14-5-7-15(8-6-14)21-17-11-16(19-13(2)20-17)18-9-10-22(3)4/h5-8,11H,9-10H2,1-4H3,(H2,18,19,20,21). The maximum atomic E-state index is 11.3. The van der Waals surface area contributed by atoms with Crippen LogP contribution in [0.15, 0.2) is 30.3 Å². The lowest BCUT2D eigenvalue weighted by atomic mass is 10.1. The number of aromatic nitrogens is 2. The Bertz CT molecular complexity index is 667. The topological polar surface area (TPSA) is 70.2 Å². The number of aryl methyl sites for hydroxylation is 1. The molecule has 1 aromatic heterocycles. The first kappa shape index (κ1) is 16.9. The van der Waals surface area contributed by atoms with E-state index in [4.69, 9.17) is 0 Å². The van der Waals surface area contributed by atoms with E-state index < -0.39 is 0 Å². The lowest BCUT2D eigenvalue weighted by Crippen LogP contribution is -2.21. The highest BCUT2D eigenvalue weighted by atomic mass is 16.1. The molecule has 0 saturated carbocycles. The minimum absolute atomic E-state index is 0.0572. The van der Waals surface area contributed by atoms with Crippen LogP contribution in [0.3, 0.4) is 0 Å². The molecule has 2 aromatic rings. The van der Waals surface area contributed by atoms with E-state index in [1.54, 1.807) is 19.1 Å². The number of hydrogen-bond donors (Lipinski definition) is 2. The van der Waals surface area contributed by atoms with Crippen molar-refractivity contribution in [3.8, 4) is 0 Å². The van der Waals surface area contributed by atoms with Gasteiger partial charge in [-0.15, -0.1) is 0 Å². The van der Waals surface area contributed by atoms with Crippen molar-refractivity contribution < 1.29 is 4.79 Å². The number of Topliss-reactive ketones (excluding diaryl/α,β-unsaturated/α-hetero) is 1. The van der Waals surface area contributed by atoms with E-state index in [1.165, 1.54) is 0 Å². The predicted molar refractivity (Wildman–Crippen MR) is 93.5 cm³/mol. The van der Waals surface area contributed by atoms with E-state index in [1.807, 2.05) is 39.2 Å². The molecule has 0 unspecified atom stereocenters. The second kappa shape index (κ2) is 7.69. The molecule has 0 spiro atoms. The molecule has 0 amide bonds. The SMILES string of the molecule is CC(=O)c1ccc(Nc2cc(NCCN(C)C)nc(C)n2)cc1. The Morgan fingerprint density at radius 2 is 1.78 bits per heavy atom. The molecule has 0 aliphatic heterocycles. The number of carbonyl (C=O) groups excluding carboxylic acids is 1. The van der Waals surface area contributed by atoms with Crippen molar-refractivity contribution >= 4 is 23.1 Å². The highest BCUT2D eigenvalue weighted by Crippen LogP contribution is 2.18. The second-order valence-electron chi connectivity index (χ2n) is 5.67. The summed E-state index contributed by atoms with van der Waals surface area (Å²) in [4.78, 5) is 22.2. The summed E-state index contributed by atoms with van der Waals surface area (Å²) < 4.78 is 0. The fourth-order valence-corrected chi connectivity index (χ4v) is 2.07. The zero-order valence-electron chi connectivity index (χ0n) is 14.1. The van der Waals surface area contributed by atoms with Gasteiger partial charge in [-0.25, -0.2) is 9.97 Å². The van der Waals surface area contributed by atoms with Gasteiger partial charge in [-0.1, -0.05) is 0 Å². The van der Waals surface area contributed by atoms with Crippen molar-refractivity contribution in [3.05, 3.63) is 41.7 Å². The van der Waals surface area contributed by atoms with E-state index in [0.29, 0.717) is 11.4 Å². The number of anilines is 3. The average Bonchev–Trinajstić information content (AvgIpc) is 2.46. The number of nitrogens with one attached hydrogen (secondary N) is 2. The number of hydrogen-bond acceptors (Lipinski definition) is 6. The minimum Gasteiger partial charge on any atom is -0.369 e. The van der Waals surface area contributed by atoms with Crippen LogP contribution in [0.1, 0.15) is 23.1 Å². The summed E-state index contributed by atoms with van der Waals surface area (Å²) >= 11 is 0. The van der Waals surface area contributed by atoms with Crippen LogP contribution in [-0.2, 0) is 0 Å². The quantitative estimate of drug-likeness (QED) is 0.766. The Morgan fingerprint density at radius 1 is 1.13 bits per heavy atom. The summed E-state index contributed by atoms with van der Waals surface area (Å²) in [6, 6.07) is 9.21. The predicted octanol–water partition coefficient (Wildman–Crippen LogP) is 2.70. The van der Waals surface area contributed by atoms with Crippen molar-refractivity contribution in [1.82, 2.24) is 14.9 Å². The van der Waals surface area contributed by atoms with Gasteiger partial charge < -0.3 is 15.5 Å². The largest absolute Gasteiger partial charge is 0.369 e. The van der Waals surface area contributed by atoms with Gasteiger partial charge in [0.15, 0.2) is 5.78 Å². The van der Waals surface area contributed by atoms with Gasteiger partial charge >= 0.3 is 0 Å². The van der Waals surface area contributed by atoms with Gasteiger partial charge in [-0.05, 0) is 52.2 Å². The van der Waals surface area contributed by atoms with Gasteiger partial charge in [0.2, 0.25) is 0 Å². The lowest BCUT2D eigenvalue weighted by molar-refractivity contribution is 0.101. The molecule has 2 N–H and O–H groups in total. The molecule has 0 bridgehead atoms. The van der Waals surface area contributed by atoms with E-state index in [2.05, 4.69) is 25.5 Å². The molecule has 0 radical (unpaired) electrons. The molecule has 122 valence electrons. The third kappa shape index (κ3) is 5.34. The van der Waals surface area contributed by atoms with Crippen LogP contribution in [-0.4, -0.2) is 47.8 Å². The smallest absolute Gasteiger partial charge is 0.159 e. The molecule has 0 saturated heterocycles. The Balaban J connectivity index is 2.07. The van der Waals surface area contributed by atoms with Crippen molar-refractivity contribution in [2.24, 2.45) is 0 Å². The second-order valence-corrected chi connectivity index (χ2v) is 5.67. The molecule has 1 heterocycles. The number of likely N-dealkylation sites (N-methyl/N-ethyl adjacent to an activating group) is 1. The highest BCUT2D eigenvalue weighted by molar-refractivity contribution is 5.94. The van der Waals surface area contributed by atoms with Gasteiger partial charge in [0, 0.05) is 30.4 Å². The lowest BCUT2D eigenvalue weighted by Gasteiger charge is -2.12. The van der Waals surface area contributed by atoms with Crippen LogP contribution in [0.25, 0.3) is 0 Å². The van der Waals surface area contributed by atoms with E-state index in [9.17, 15) is 4.79 Å². The van der Waals surface area contributed by atoms with Gasteiger partial charge in [-0.3, -0.25) is 4.79 Å². The molecule has 6 nitrogen and oxygen atoms in total. The molecular formula is C17H23N5O. The Kier molecular flexibility index (Phi) is 5.65. The molecule has 0 aliphatic carbocycles. The molecule has 23 heavy (non-hydrogen) atoms. The first-order chi connectivity index (χ1) is 10.9. The summed E-state index contributed by atoms with van der Waals surface area (Å²) in [7, 11) is 4.06. The summed E-state index contributed by atoms with van der Waals surface area (Å²) in [6.07, 6.45) is 0. The van der Waals surface area contributed by atoms with Gasteiger partial charge in [0.1, 0.15) is 17.5 Å². The monoisotopic (exact) mass is 313 g/mol. The zero-order valence-corrected chi connectivity index (χ0v) is 14.1. The van der Waals surface area contributed by atoms with Gasteiger partial charge in [0.05, 0.1) is 0 Å². The summed E-state index contributed by atoms with van der Waals surface area (Å²) in [5.74, 6) is 2.27. The zero-order chi connectivity index (χ0) is 16.8. The minimum atomic E-state index is 0.0572. The number of ketones is 1. The molecule has 2 rings (SSSR count). The number of benzene rings is 1. The van der Waals surface area contributed by atoms with E-state index in [-0.39, 0.29) is 5.78 Å². The first-order valence-corrected chi connectivity index (χ1v) is 7.56. The van der Waals surface area contributed by atoms with Crippen LogP contribution in [0.2, 0.25) is 0 Å². The highest BCUT2D eigenvalue weighted by Gasteiger charge is 2.04. The van der Waals surface area contributed by atoms with E-state index in [0.717, 1.165) is 30.4 Å². The van der Waals surface area contributed by atoms with Crippen LogP contribution < -0.4 is 10.6 Å². The molecule has 0 fully saturated rings. The van der Waals surface area contributed by atoms with Crippen molar-refractivity contribution in [3.63, 3.8) is 0 Å². The van der Waals surface area contributed by atoms with Crippen molar-refractivity contribution in [2.45, 2.75) is 13.8 Å². The first-order valence-electron chi connectivity index (χ1n) is 7.56. The fraction of sp³-hybridized carbons (Fsp3) is 0.353. The molecule has 0 atom stereocenters. The van der Waals surface area contributed by atoms with Crippen LogP contribution in [0.5, 0.6) is 0 Å². The maximum absolute atomic E-state index is 11.3. The van der Waals surface area contributed by atoms with Crippen molar-refractivity contribution in [1.29, 1.82) is 0 Å². The van der Waals surface area contributed by atoms with Crippen LogP contribution in [0, 0.1) is 6.92 Å².